The van der Waals surface area contributed by atoms with Gasteiger partial charge in [0.2, 0.25) is 20.0 Å². The van der Waals surface area contributed by atoms with Crippen molar-refractivity contribution in [1.82, 2.24) is 19.3 Å². The highest BCUT2D eigenvalue weighted by atomic mass is 32.2. The highest BCUT2D eigenvalue weighted by Gasteiger charge is 2.65. The maximum Gasteiger partial charge on any atom is 0.241 e. The summed E-state index contributed by atoms with van der Waals surface area (Å²) in [5, 5.41) is 44.8. The van der Waals surface area contributed by atoms with E-state index in [1.165, 1.54) is 6.42 Å². The molecule has 0 amide bonds. The molecule has 0 spiro atoms. The van der Waals surface area contributed by atoms with Crippen LogP contribution in [0.15, 0.2) is 145 Å². The van der Waals surface area contributed by atoms with Crippen molar-refractivity contribution in [2.45, 2.75) is 108 Å². The molecule has 71 heavy (non-hydrogen) atoms. The summed E-state index contributed by atoms with van der Waals surface area (Å²) in [7, 11) is -7.21. The summed E-state index contributed by atoms with van der Waals surface area (Å²) in [5.41, 5.74) is 2.44. The van der Waals surface area contributed by atoms with Crippen LogP contribution in [0.1, 0.15) is 94.2 Å². The average Bonchev–Trinajstić information content (AvgIpc) is 3.69. The van der Waals surface area contributed by atoms with E-state index in [0.29, 0.717) is 23.3 Å². The molecule has 2 aliphatic carbocycles. The molecule has 12 nitrogen and oxygen atoms in total. The van der Waals surface area contributed by atoms with Crippen LogP contribution in [0.5, 0.6) is 5.75 Å². The summed E-state index contributed by atoms with van der Waals surface area (Å²) < 4.78 is 56.3. The topological polar surface area (TPSA) is 189 Å². The molecule has 0 radical (unpaired) electrons. The fraction of sp³-hybridized carbons (Fsp3) is 0.421. The van der Waals surface area contributed by atoms with E-state index in [0.717, 1.165) is 77.1 Å². The van der Waals surface area contributed by atoms with Crippen molar-refractivity contribution in [3.63, 3.8) is 0 Å². The van der Waals surface area contributed by atoms with Gasteiger partial charge in [-0.3, -0.25) is 9.88 Å². The Hall–Kier alpha value is -5.03. The molecule has 6 aromatic rings. The van der Waals surface area contributed by atoms with E-state index in [-0.39, 0.29) is 34.4 Å². The van der Waals surface area contributed by atoms with Crippen LogP contribution in [0.3, 0.4) is 0 Å². The number of hydrogen-bond acceptors (Lipinski definition) is 10. The number of nitrogens with zero attached hydrogens (tertiary/aromatic N) is 2. The van der Waals surface area contributed by atoms with Gasteiger partial charge in [0.15, 0.2) is 0 Å². The third-order valence-electron chi connectivity index (χ3n) is 16.2. The first-order valence-electron chi connectivity index (χ1n) is 24.7. The van der Waals surface area contributed by atoms with E-state index in [1.807, 2.05) is 73.7 Å². The van der Waals surface area contributed by atoms with Crippen LogP contribution in [0.25, 0.3) is 21.7 Å². The number of aryl methyl sites for hydroxylation is 1. The van der Waals surface area contributed by atoms with Gasteiger partial charge in [0, 0.05) is 36.1 Å². The SMILES string of the molecule is C=CC1CN2CCC1CC2[C@H](O)c1ccnc2ccc(O)cc12.CC1(C)C2CCC1(CS(=O)(=O)NCc1cccc3ccccc13)C(O)C2.Cc1ccc(S(=O)(=O)N[C@H](c2ccccc2)C(C)(C)O)cc1. The molecule has 9 atom stereocenters. The fourth-order valence-corrected chi connectivity index (χ4v) is 15.2. The van der Waals surface area contributed by atoms with Gasteiger partial charge in [0.05, 0.1) is 40.0 Å². The van der Waals surface area contributed by atoms with Crippen molar-refractivity contribution in [1.29, 1.82) is 0 Å². The number of aromatic hydroxyl groups is 1. The molecule has 1 aromatic heterocycles. The number of nitrogens with one attached hydrogen (secondary N) is 2. The smallest absolute Gasteiger partial charge is 0.241 e. The predicted molar refractivity (Wildman–Crippen MR) is 281 cm³/mol. The Kier molecular flexibility index (Phi) is 15.3. The lowest BCUT2D eigenvalue weighted by Gasteiger charge is -2.50. The van der Waals surface area contributed by atoms with Gasteiger partial charge in [-0.15, -0.1) is 6.58 Å². The zero-order valence-corrected chi connectivity index (χ0v) is 43.1. The zero-order valence-electron chi connectivity index (χ0n) is 41.4. The second-order valence-electron chi connectivity index (χ2n) is 21.3. The molecule has 2 saturated carbocycles. The number of aliphatic hydroxyl groups excluding tert-OH is 2. The van der Waals surface area contributed by atoms with Gasteiger partial charge in [0.1, 0.15) is 5.75 Å². The molecular weight excluding hydrogens is 933 g/mol. The highest BCUT2D eigenvalue weighted by Crippen LogP contribution is 2.66. The van der Waals surface area contributed by atoms with Crippen LogP contribution in [-0.2, 0) is 26.6 Å². The number of rotatable bonds is 13. The lowest BCUT2D eigenvalue weighted by Crippen LogP contribution is -2.54. The average molecular weight is 1000 g/mol. The van der Waals surface area contributed by atoms with E-state index >= 15 is 0 Å². The minimum atomic E-state index is -3.72. The molecular formula is C57H70N4O8S2. The van der Waals surface area contributed by atoms with Crippen LogP contribution < -0.4 is 9.44 Å². The third-order valence-corrected chi connectivity index (χ3v) is 19.2. The van der Waals surface area contributed by atoms with E-state index < -0.39 is 49.3 Å². The summed E-state index contributed by atoms with van der Waals surface area (Å²) in [6.07, 6.45) is 7.45. The Bertz CT molecular complexity index is 3050. The Balaban J connectivity index is 0.000000143. The van der Waals surface area contributed by atoms with Crippen LogP contribution in [0, 0.1) is 35.5 Å². The van der Waals surface area contributed by atoms with Gasteiger partial charge in [-0.2, -0.15) is 0 Å². The van der Waals surface area contributed by atoms with Gasteiger partial charge < -0.3 is 20.4 Å². The van der Waals surface area contributed by atoms with Gasteiger partial charge in [0.25, 0.3) is 0 Å². The second kappa shape index (κ2) is 20.8. The molecule has 14 heteroatoms. The summed E-state index contributed by atoms with van der Waals surface area (Å²) in [6, 6.07) is 36.0. The van der Waals surface area contributed by atoms with E-state index in [4.69, 9.17) is 0 Å². The van der Waals surface area contributed by atoms with Crippen molar-refractivity contribution >= 4 is 41.7 Å². The molecule has 7 unspecified atom stereocenters. The normalized spacial score (nSPS) is 25.4. The van der Waals surface area contributed by atoms with E-state index in [2.05, 4.69) is 45.8 Å². The monoisotopic (exact) mass is 1000 g/mol. The van der Waals surface area contributed by atoms with Gasteiger partial charge >= 0.3 is 0 Å². The Labute approximate surface area is 420 Å². The molecule has 11 rings (SSSR count). The number of fused-ring (bicyclic) bond motifs is 7. The lowest BCUT2D eigenvalue weighted by atomic mass is 9.70. The third kappa shape index (κ3) is 11.2. The van der Waals surface area contributed by atoms with Crippen LogP contribution in [-0.4, -0.2) is 83.7 Å². The van der Waals surface area contributed by atoms with Crippen molar-refractivity contribution in [3.8, 4) is 5.75 Å². The van der Waals surface area contributed by atoms with Gasteiger partial charge in [-0.25, -0.2) is 26.3 Å². The van der Waals surface area contributed by atoms with Crippen molar-refractivity contribution < 1.29 is 37.3 Å². The summed E-state index contributed by atoms with van der Waals surface area (Å²) in [6.45, 7) is 15.6. The second-order valence-corrected chi connectivity index (χ2v) is 24.8. The first kappa shape index (κ1) is 52.3. The maximum absolute atomic E-state index is 12.9. The maximum atomic E-state index is 12.9. The summed E-state index contributed by atoms with van der Waals surface area (Å²) in [4.78, 5) is 6.91. The minimum Gasteiger partial charge on any atom is -0.508 e. The number of pyridine rings is 1. The molecule has 4 heterocycles. The highest BCUT2D eigenvalue weighted by molar-refractivity contribution is 7.89. The predicted octanol–water partition coefficient (Wildman–Crippen LogP) is 9.10. The molecule has 3 saturated heterocycles. The van der Waals surface area contributed by atoms with Crippen LogP contribution in [0.4, 0.5) is 0 Å². The zero-order chi connectivity index (χ0) is 50.9. The standard InChI is InChI=1S/C21H27NO3S.C19H22N2O2.C17H21NO3S/c1-20(2)17-10-11-21(20,19(23)12-17)14-26(24,25)22-13-16-8-5-7-15-6-3-4-9-18(15)16;1-2-12-11-21-8-6-13(12)9-18(21)19(23)15-5-7-20-17-4-3-14(22)10-16(15)17;1-13-9-11-15(12-10-13)22(20,21)18-16(17(2,3)19)14-7-5-4-6-8-14/h3-9,17,19,22-23H,10-14H2,1-2H3;2-5,7,10,12-13,18-19,22-23H,1,6,8-9,11H2;4-12,16,18-19H,1-3H3/t;12?,13?,18?,19-;16-/m.11/s1. The number of benzene rings is 5. The fourth-order valence-electron chi connectivity index (χ4n) is 11.9. The first-order chi connectivity index (χ1) is 33.6. The first-order valence-corrected chi connectivity index (χ1v) is 27.9. The molecule has 6 N–H and O–H groups in total. The number of piperidine rings is 3. The summed E-state index contributed by atoms with van der Waals surface area (Å²) in [5.74, 6) is 1.81. The molecule has 5 fully saturated rings. The molecule has 3 aliphatic heterocycles. The van der Waals surface area contributed by atoms with Crippen molar-refractivity contribution in [2.24, 2.45) is 28.6 Å². The van der Waals surface area contributed by atoms with Crippen molar-refractivity contribution in [2.75, 3.05) is 18.8 Å². The molecule has 5 aromatic carbocycles. The molecule has 5 aliphatic rings. The number of sulfonamides is 2. The Morgan fingerprint density at radius 2 is 1.59 bits per heavy atom. The van der Waals surface area contributed by atoms with Crippen LogP contribution >= 0.6 is 0 Å². The number of phenolic OH excluding ortho intramolecular Hbond substituents is 1. The van der Waals surface area contributed by atoms with Crippen LogP contribution in [0.2, 0.25) is 0 Å². The summed E-state index contributed by atoms with van der Waals surface area (Å²) >= 11 is 0. The molecule has 378 valence electrons. The quantitative estimate of drug-likeness (QED) is 0.0609. The number of aliphatic hydroxyl groups is 3. The van der Waals surface area contributed by atoms with Gasteiger partial charge in [-0.1, -0.05) is 110 Å². The number of aromatic nitrogens is 1. The Morgan fingerprint density at radius 3 is 2.24 bits per heavy atom. The largest absolute Gasteiger partial charge is 0.508 e. The van der Waals surface area contributed by atoms with E-state index in [1.54, 1.807) is 74.6 Å². The number of phenols is 1. The van der Waals surface area contributed by atoms with Gasteiger partial charge in [-0.05, 0) is 146 Å². The van der Waals surface area contributed by atoms with Crippen molar-refractivity contribution in [3.05, 3.63) is 162 Å². The minimum absolute atomic E-state index is 0.00936. The lowest BCUT2D eigenvalue weighted by molar-refractivity contribution is -0.0444. The Morgan fingerprint density at radius 1 is 0.887 bits per heavy atom. The van der Waals surface area contributed by atoms with E-state index in [9.17, 15) is 37.3 Å². The molecule has 4 bridgehead atoms. The number of hydrogen-bond donors (Lipinski definition) is 6.